The van der Waals surface area contributed by atoms with E-state index in [0.717, 1.165) is 22.2 Å². The molecule has 17 heavy (non-hydrogen) atoms. The van der Waals surface area contributed by atoms with Crippen LogP contribution in [0, 0.1) is 18.3 Å². The van der Waals surface area contributed by atoms with Crippen LogP contribution in [0.5, 0.6) is 0 Å². The number of nitrogens with zero attached hydrogens (tertiary/aromatic N) is 2. The summed E-state index contributed by atoms with van der Waals surface area (Å²) in [5, 5.41) is 14.6. The first-order valence-electron chi connectivity index (χ1n) is 5.69. The maximum atomic E-state index is 9.20. The van der Waals surface area contributed by atoms with E-state index in [0.29, 0.717) is 6.04 Å². The smallest absolute Gasteiger partial charge is 0.150 e. The minimum absolute atomic E-state index is 0.326. The van der Waals surface area contributed by atoms with Gasteiger partial charge in [-0.1, -0.05) is 11.8 Å². The maximum Gasteiger partial charge on any atom is 0.150 e. The van der Waals surface area contributed by atoms with Gasteiger partial charge < -0.3 is 0 Å². The van der Waals surface area contributed by atoms with Crippen molar-refractivity contribution in [1.29, 1.82) is 5.26 Å². The highest BCUT2D eigenvalue weighted by molar-refractivity contribution is 8.01. The Morgan fingerprint density at radius 1 is 1.65 bits per heavy atom. The monoisotopic (exact) mass is 269 g/mol. The molecule has 0 bridgehead atoms. The van der Waals surface area contributed by atoms with E-state index in [4.69, 9.17) is 0 Å². The molecule has 0 saturated heterocycles. The molecule has 1 rings (SSSR count). The van der Waals surface area contributed by atoms with Crippen LogP contribution in [0.1, 0.15) is 32.9 Å². The molecular formula is C12H19N3S2. The van der Waals surface area contributed by atoms with Crippen LogP contribution < -0.4 is 5.32 Å². The fraction of sp³-hybridized carbons (Fsp3) is 0.667. The Morgan fingerprint density at radius 2 is 2.35 bits per heavy atom. The first-order chi connectivity index (χ1) is 7.95. The van der Waals surface area contributed by atoms with E-state index < -0.39 is 5.54 Å². The Kier molecular flexibility index (Phi) is 5.44. The normalized spacial score (nSPS) is 14.6. The highest BCUT2D eigenvalue weighted by Gasteiger charge is 2.23. The zero-order chi connectivity index (χ0) is 12.9. The topological polar surface area (TPSA) is 48.7 Å². The van der Waals surface area contributed by atoms with Crippen LogP contribution in [0.15, 0.2) is 9.72 Å². The molecule has 5 heteroatoms. The number of nitrogens with one attached hydrogen (secondary N) is 1. The molecule has 1 heterocycles. The second-order valence-electron chi connectivity index (χ2n) is 4.60. The lowest BCUT2D eigenvalue weighted by Gasteiger charge is -2.25. The molecule has 0 aliphatic rings. The third-order valence-electron chi connectivity index (χ3n) is 2.28. The molecule has 1 N–H and O–H groups in total. The van der Waals surface area contributed by atoms with E-state index in [2.05, 4.69) is 35.6 Å². The summed E-state index contributed by atoms with van der Waals surface area (Å²) in [7, 11) is 0. The van der Waals surface area contributed by atoms with Gasteiger partial charge in [0.15, 0.2) is 0 Å². The van der Waals surface area contributed by atoms with Crippen molar-refractivity contribution in [1.82, 2.24) is 10.3 Å². The molecule has 0 fully saturated rings. The molecular weight excluding hydrogens is 250 g/mol. The lowest BCUT2D eigenvalue weighted by molar-refractivity contribution is 0.397. The minimum Gasteiger partial charge on any atom is -0.297 e. The number of hydrogen-bond acceptors (Lipinski definition) is 5. The predicted molar refractivity (Wildman–Crippen MR) is 74.5 cm³/mol. The van der Waals surface area contributed by atoms with Gasteiger partial charge in [-0.2, -0.15) is 5.26 Å². The average Bonchev–Trinajstić information content (AvgIpc) is 2.63. The second-order valence-corrected chi connectivity index (χ2v) is 6.80. The second kappa shape index (κ2) is 6.39. The Hall–Kier alpha value is -0.570. The van der Waals surface area contributed by atoms with Crippen LogP contribution >= 0.6 is 23.1 Å². The molecule has 0 aromatic carbocycles. The van der Waals surface area contributed by atoms with Gasteiger partial charge in [0.25, 0.3) is 0 Å². The third-order valence-corrected chi connectivity index (χ3v) is 4.42. The van der Waals surface area contributed by atoms with Crippen molar-refractivity contribution in [2.45, 2.75) is 50.0 Å². The van der Waals surface area contributed by atoms with Gasteiger partial charge in [0.2, 0.25) is 0 Å². The molecule has 1 atom stereocenters. The molecule has 0 saturated carbocycles. The molecule has 0 amide bonds. The maximum absolute atomic E-state index is 9.20. The summed E-state index contributed by atoms with van der Waals surface area (Å²) in [5.74, 6) is 0.913. The van der Waals surface area contributed by atoms with Crippen molar-refractivity contribution in [2.75, 3.05) is 5.75 Å². The van der Waals surface area contributed by atoms with Crippen LogP contribution in [0.2, 0.25) is 0 Å². The molecule has 1 unspecified atom stereocenters. The van der Waals surface area contributed by atoms with Crippen molar-refractivity contribution in [3.05, 3.63) is 11.1 Å². The van der Waals surface area contributed by atoms with E-state index in [1.807, 2.05) is 13.8 Å². The van der Waals surface area contributed by atoms with Crippen LogP contribution in [0.25, 0.3) is 0 Å². The van der Waals surface area contributed by atoms with Crippen LogP contribution in [0.3, 0.4) is 0 Å². The number of rotatable bonds is 6. The number of thioether (sulfide) groups is 1. The molecule has 3 nitrogen and oxygen atoms in total. The van der Waals surface area contributed by atoms with Gasteiger partial charge in [-0.3, -0.25) is 5.32 Å². The van der Waals surface area contributed by atoms with E-state index in [1.54, 1.807) is 23.1 Å². The van der Waals surface area contributed by atoms with Crippen molar-refractivity contribution >= 4 is 23.1 Å². The Labute approximate surface area is 112 Å². The lowest BCUT2D eigenvalue weighted by atomic mass is 10.0. The summed E-state index contributed by atoms with van der Waals surface area (Å²) < 4.78 is 1.09. The molecule has 0 radical (unpaired) electrons. The van der Waals surface area contributed by atoms with Crippen molar-refractivity contribution in [2.24, 2.45) is 0 Å². The van der Waals surface area contributed by atoms with Gasteiger partial charge >= 0.3 is 0 Å². The number of thiazole rings is 1. The summed E-state index contributed by atoms with van der Waals surface area (Å²) in [4.78, 5) is 4.40. The van der Waals surface area contributed by atoms with Gasteiger partial charge in [0.1, 0.15) is 9.88 Å². The number of aromatic nitrogens is 1. The number of aryl methyl sites for hydroxylation is 1. The Balaban J connectivity index is 2.41. The summed E-state index contributed by atoms with van der Waals surface area (Å²) in [6, 6.07) is 2.69. The van der Waals surface area contributed by atoms with Crippen LogP contribution in [-0.4, -0.2) is 22.3 Å². The van der Waals surface area contributed by atoms with Gasteiger partial charge in [-0.25, -0.2) is 4.98 Å². The first kappa shape index (κ1) is 14.5. The molecule has 94 valence electrons. The molecule has 1 aromatic rings. The van der Waals surface area contributed by atoms with Gasteiger partial charge in [-0.15, -0.1) is 11.3 Å². The van der Waals surface area contributed by atoms with Gasteiger partial charge in [0, 0.05) is 22.9 Å². The first-order valence-corrected chi connectivity index (χ1v) is 7.55. The van der Waals surface area contributed by atoms with Gasteiger partial charge in [-0.05, 0) is 34.1 Å². The SMILES string of the molecule is Cc1csc(SCCC(C)(C#N)NC(C)C)n1. The van der Waals surface area contributed by atoms with Crippen molar-refractivity contribution < 1.29 is 0 Å². The van der Waals surface area contributed by atoms with Crippen molar-refractivity contribution in [3.63, 3.8) is 0 Å². The minimum atomic E-state index is -0.437. The molecule has 0 aliphatic heterocycles. The summed E-state index contributed by atoms with van der Waals surface area (Å²) in [6.07, 6.45) is 0.824. The van der Waals surface area contributed by atoms with Crippen molar-refractivity contribution in [3.8, 4) is 6.07 Å². The quantitative estimate of drug-likeness (QED) is 0.806. The highest BCUT2D eigenvalue weighted by atomic mass is 32.2. The number of hydrogen-bond donors (Lipinski definition) is 1. The van der Waals surface area contributed by atoms with E-state index >= 15 is 0 Å². The highest BCUT2D eigenvalue weighted by Crippen LogP contribution is 2.25. The zero-order valence-corrected chi connectivity index (χ0v) is 12.4. The number of nitriles is 1. The summed E-state index contributed by atoms with van der Waals surface area (Å²) >= 11 is 3.40. The standard InChI is InChI=1S/C12H19N3S2/c1-9(2)15-12(4,8-13)5-6-16-11-14-10(3)7-17-11/h7,9,15H,5-6H2,1-4H3. The zero-order valence-electron chi connectivity index (χ0n) is 10.8. The average molecular weight is 269 g/mol. The van der Waals surface area contributed by atoms with E-state index in [1.165, 1.54) is 0 Å². The predicted octanol–water partition coefficient (Wildman–Crippen LogP) is 3.21. The summed E-state index contributed by atoms with van der Waals surface area (Å²) in [6.45, 7) is 8.08. The largest absolute Gasteiger partial charge is 0.297 e. The molecule has 1 aromatic heterocycles. The van der Waals surface area contributed by atoms with Crippen LogP contribution in [0.4, 0.5) is 0 Å². The summed E-state index contributed by atoms with van der Waals surface area (Å²) in [5.41, 5.74) is 0.633. The molecule has 0 aliphatic carbocycles. The Bertz CT molecular complexity index is 395. The molecule has 0 spiro atoms. The van der Waals surface area contributed by atoms with Gasteiger partial charge in [0.05, 0.1) is 6.07 Å². The Morgan fingerprint density at radius 3 is 2.82 bits per heavy atom. The fourth-order valence-electron chi connectivity index (χ4n) is 1.54. The fourth-order valence-corrected chi connectivity index (χ4v) is 3.62. The van der Waals surface area contributed by atoms with E-state index in [-0.39, 0.29) is 0 Å². The van der Waals surface area contributed by atoms with Crippen LogP contribution in [-0.2, 0) is 0 Å². The third kappa shape index (κ3) is 5.07. The van der Waals surface area contributed by atoms with E-state index in [9.17, 15) is 5.26 Å². The lowest BCUT2D eigenvalue weighted by Crippen LogP contribution is -2.45.